The highest BCUT2D eigenvalue weighted by Crippen LogP contribution is 2.43. The second kappa shape index (κ2) is 17.3. The number of thioether (sulfide) groups is 1. The van der Waals surface area contributed by atoms with Gasteiger partial charge in [-0.05, 0) is 76.3 Å². The van der Waals surface area contributed by atoms with E-state index in [1.54, 1.807) is 42.4 Å². The van der Waals surface area contributed by atoms with E-state index in [-0.39, 0.29) is 30.8 Å². The van der Waals surface area contributed by atoms with E-state index in [2.05, 4.69) is 51.8 Å². The van der Waals surface area contributed by atoms with Crippen LogP contribution in [0.25, 0.3) is 11.1 Å². The minimum Gasteiger partial charge on any atom is -0.457 e. The summed E-state index contributed by atoms with van der Waals surface area (Å²) >= 11 is 1.57. The number of nitrogens with one attached hydrogen (secondary N) is 2. The Labute approximate surface area is 313 Å². The number of hydrogen-bond acceptors (Lipinski definition) is 8. The van der Waals surface area contributed by atoms with Crippen LogP contribution in [0.15, 0.2) is 151 Å². The molecule has 10 heteroatoms. The normalized spacial score (nSPS) is 18.2. The van der Waals surface area contributed by atoms with Crippen LogP contribution in [0.2, 0.25) is 0 Å². The predicted molar refractivity (Wildman–Crippen MR) is 206 cm³/mol. The van der Waals surface area contributed by atoms with Gasteiger partial charge in [-0.1, -0.05) is 104 Å². The number of rotatable bonds is 12. The van der Waals surface area contributed by atoms with E-state index >= 15 is 0 Å². The molecule has 0 spiro atoms. The van der Waals surface area contributed by atoms with E-state index in [0.29, 0.717) is 28.9 Å². The number of ether oxygens (including phenoxy) is 3. The number of benzene rings is 5. The number of urea groups is 1. The monoisotopic (exact) mass is 724 g/mol. The summed E-state index contributed by atoms with van der Waals surface area (Å²) in [6.07, 6.45) is 2.57. The number of aliphatic hydroxyl groups excluding tert-OH is 1. The highest BCUT2D eigenvalue weighted by Gasteiger charge is 2.38. The molecule has 9 nitrogen and oxygen atoms in total. The molecule has 1 saturated heterocycles. The molecule has 4 unspecified atom stereocenters. The van der Waals surface area contributed by atoms with Gasteiger partial charge in [0.05, 0.1) is 18.8 Å². The van der Waals surface area contributed by atoms with Gasteiger partial charge in [-0.3, -0.25) is 0 Å². The van der Waals surface area contributed by atoms with E-state index in [9.17, 15) is 9.90 Å². The largest absolute Gasteiger partial charge is 0.457 e. The maximum Gasteiger partial charge on any atom is 0.319 e. The summed E-state index contributed by atoms with van der Waals surface area (Å²) < 4.78 is 19.1. The van der Waals surface area contributed by atoms with Crippen molar-refractivity contribution >= 4 is 23.5 Å². The summed E-state index contributed by atoms with van der Waals surface area (Å²) in [7, 11) is 0. The quantitative estimate of drug-likeness (QED) is 0.0845. The van der Waals surface area contributed by atoms with Crippen LogP contribution < -0.4 is 15.4 Å². The van der Waals surface area contributed by atoms with E-state index in [1.807, 2.05) is 91.0 Å². The van der Waals surface area contributed by atoms with Crippen LogP contribution in [0.4, 0.5) is 10.5 Å². The van der Waals surface area contributed by atoms with Gasteiger partial charge < -0.3 is 30.0 Å². The first-order chi connectivity index (χ1) is 26.0. The second-order valence-corrected chi connectivity index (χ2v) is 13.7. The fourth-order valence-corrected chi connectivity index (χ4v) is 7.07. The maximum absolute atomic E-state index is 12.7. The average Bonchev–Trinajstić information content (AvgIpc) is 3.21. The Morgan fingerprint density at radius 2 is 1.47 bits per heavy atom. The molecule has 1 aliphatic heterocycles. The number of anilines is 1. The van der Waals surface area contributed by atoms with Crippen molar-refractivity contribution in [1.29, 1.82) is 0 Å². The summed E-state index contributed by atoms with van der Waals surface area (Å²) in [6.45, 7) is 2.50. The van der Waals surface area contributed by atoms with Crippen LogP contribution >= 0.6 is 11.8 Å². The summed E-state index contributed by atoms with van der Waals surface area (Å²) in [5.74, 6) is 2.16. The number of nitrogens with zero attached hydrogens (tertiary/aromatic N) is 2. The van der Waals surface area contributed by atoms with Gasteiger partial charge in [0, 0.05) is 41.9 Å². The maximum atomic E-state index is 12.7. The molecule has 6 aromatic rings. The van der Waals surface area contributed by atoms with Crippen LogP contribution in [0.1, 0.15) is 41.6 Å². The molecule has 0 saturated carbocycles. The van der Waals surface area contributed by atoms with Gasteiger partial charge in [0.2, 0.25) is 0 Å². The molecule has 53 heavy (non-hydrogen) atoms. The zero-order chi connectivity index (χ0) is 36.4. The molecule has 0 aliphatic carbocycles. The number of carbonyl (C=O) groups excluding carboxylic acids is 1. The molecular weight excluding hydrogens is 685 g/mol. The lowest BCUT2D eigenvalue weighted by molar-refractivity contribution is -0.268. The molecule has 0 bridgehead atoms. The molecule has 0 radical (unpaired) electrons. The van der Waals surface area contributed by atoms with Gasteiger partial charge in [0.15, 0.2) is 11.4 Å². The van der Waals surface area contributed by atoms with Gasteiger partial charge >= 0.3 is 6.03 Å². The van der Waals surface area contributed by atoms with Crippen molar-refractivity contribution in [2.45, 2.75) is 43.7 Å². The second-order valence-electron chi connectivity index (χ2n) is 12.7. The van der Waals surface area contributed by atoms with Crippen LogP contribution in [-0.2, 0) is 22.6 Å². The minimum atomic E-state index is -0.577. The lowest BCUT2D eigenvalue weighted by atomic mass is 9.91. The number of aliphatic hydroxyl groups is 1. The van der Waals surface area contributed by atoms with Gasteiger partial charge in [-0.2, -0.15) is 0 Å². The predicted octanol–water partition coefficient (Wildman–Crippen LogP) is 9.33. The molecular formula is C43H40N4O5S. The first-order valence-electron chi connectivity index (χ1n) is 17.5. The van der Waals surface area contributed by atoms with Crippen molar-refractivity contribution in [2.75, 3.05) is 11.1 Å². The van der Waals surface area contributed by atoms with Crippen LogP contribution in [-0.4, -0.2) is 33.0 Å². The molecule has 2 amide bonds. The Hall–Kier alpha value is -5.52. The third kappa shape index (κ3) is 9.48. The van der Waals surface area contributed by atoms with Gasteiger partial charge in [-0.25, -0.2) is 14.8 Å². The van der Waals surface area contributed by atoms with Crippen molar-refractivity contribution < 1.29 is 24.1 Å². The van der Waals surface area contributed by atoms with Crippen molar-refractivity contribution in [1.82, 2.24) is 15.3 Å². The molecule has 2 heterocycles. The molecule has 1 aliphatic rings. The van der Waals surface area contributed by atoms with Crippen molar-refractivity contribution in [2.24, 2.45) is 5.92 Å². The summed E-state index contributed by atoms with van der Waals surface area (Å²) in [5, 5.41) is 16.1. The third-order valence-corrected chi connectivity index (χ3v) is 9.99. The molecule has 3 N–H and O–H groups in total. The van der Waals surface area contributed by atoms with Crippen LogP contribution in [0.5, 0.6) is 11.5 Å². The summed E-state index contributed by atoms with van der Waals surface area (Å²) in [5.41, 5.74) is 6.51. The number of hydrogen-bond donors (Lipinski definition) is 3. The minimum absolute atomic E-state index is 0.00779. The molecule has 5 aromatic carbocycles. The highest BCUT2D eigenvalue weighted by molar-refractivity contribution is 7.99. The number of carbonyl (C=O) groups is 1. The zero-order valence-corrected chi connectivity index (χ0v) is 30.0. The lowest BCUT2D eigenvalue weighted by Gasteiger charge is -2.41. The van der Waals surface area contributed by atoms with Crippen molar-refractivity contribution in [3.05, 3.63) is 168 Å². The van der Waals surface area contributed by atoms with Crippen molar-refractivity contribution in [3.8, 4) is 22.6 Å². The fraction of sp³-hybridized carbons (Fsp3) is 0.186. The van der Waals surface area contributed by atoms with E-state index in [4.69, 9.17) is 14.2 Å². The van der Waals surface area contributed by atoms with Gasteiger partial charge in [0.1, 0.15) is 11.5 Å². The van der Waals surface area contributed by atoms with Crippen molar-refractivity contribution in [3.63, 3.8) is 0 Å². The Morgan fingerprint density at radius 3 is 2.21 bits per heavy atom. The fourth-order valence-electron chi connectivity index (χ4n) is 6.11. The highest BCUT2D eigenvalue weighted by atomic mass is 32.2. The SMILES string of the molecule is CC1C(CSc2ncccn2)OC(c2ccc(-c3cccc(CNC(=O)Nc4ccc(Oc5ccccc5)cc4)c3)cc2)OC1c1ccc(CO)cc1. The Morgan fingerprint density at radius 1 is 0.755 bits per heavy atom. The number of para-hydroxylation sites is 1. The third-order valence-electron chi connectivity index (χ3n) is 9.03. The smallest absolute Gasteiger partial charge is 0.319 e. The average molecular weight is 725 g/mol. The van der Waals surface area contributed by atoms with Crippen LogP contribution in [0, 0.1) is 5.92 Å². The first-order valence-corrected chi connectivity index (χ1v) is 18.5. The molecule has 1 aromatic heterocycles. The Kier molecular flexibility index (Phi) is 11.7. The molecule has 4 atom stereocenters. The Balaban J connectivity index is 0.983. The zero-order valence-electron chi connectivity index (χ0n) is 29.2. The lowest BCUT2D eigenvalue weighted by Crippen LogP contribution is -2.38. The molecule has 7 rings (SSSR count). The summed E-state index contributed by atoms with van der Waals surface area (Å²) in [4.78, 5) is 21.4. The van der Waals surface area contributed by atoms with E-state index < -0.39 is 6.29 Å². The number of aromatic nitrogens is 2. The van der Waals surface area contributed by atoms with Gasteiger partial charge in [0.25, 0.3) is 0 Å². The summed E-state index contributed by atoms with van der Waals surface area (Å²) in [6, 6.07) is 42.5. The molecule has 1 fully saturated rings. The molecule has 268 valence electrons. The first kappa shape index (κ1) is 35.9. The van der Waals surface area contributed by atoms with E-state index in [1.165, 1.54) is 0 Å². The van der Waals surface area contributed by atoms with Crippen LogP contribution in [0.3, 0.4) is 0 Å². The standard InChI is InChI=1S/C43H40N4O5S/c1-29-39(28-53-43-44-23-6-24-45-43)51-41(52-40(29)33-13-11-30(27-48)12-14-33)34-17-15-32(16-18-34)35-8-5-7-31(25-35)26-46-42(49)47-36-19-21-38(22-20-36)50-37-9-3-2-4-10-37/h2-25,29,39-41,48H,26-28H2,1H3,(H2,46,47,49). The van der Waals surface area contributed by atoms with Gasteiger partial charge in [-0.15, -0.1) is 0 Å². The number of amides is 2. The topological polar surface area (TPSA) is 115 Å². The van der Waals surface area contributed by atoms with E-state index in [0.717, 1.165) is 39.1 Å². The Bertz CT molecular complexity index is 2070.